The minimum atomic E-state index is -0.431. The number of aromatic nitrogens is 3. The van der Waals surface area contributed by atoms with Gasteiger partial charge in [-0.05, 0) is 55.5 Å². The van der Waals surface area contributed by atoms with Crippen LogP contribution in [0, 0.1) is 5.41 Å². The molecule has 2 aliphatic rings. The first kappa shape index (κ1) is 20.4. The highest BCUT2D eigenvalue weighted by molar-refractivity contribution is 5.94. The van der Waals surface area contributed by atoms with E-state index < -0.39 is 5.41 Å². The molecule has 1 saturated carbocycles. The molecule has 32 heavy (non-hydrogen) atoms. The molecule has 3 N–H and O–H groups in total. The van der Waals surface area contributed by atoms with Gasteiger partial charge in [-0.2, -0.15) is 0 Å². The van der Waals surface area contributed by atoms with Crippen molar-refractivity contribution in [3.05, 3.63) is 69.4 Å². The lowest BCUT2D eigenvalue weighted by atomic mass is 9.93. The van der Waals surface area contributed by atoms with Crippen LogP contribution >= 0.6 is 0 Å². The van der Waals surface area contributed by atoms with Gasteiger partial charge in [-0.3, -0.25) is 20.0 Å². The number of hydrogen-bond donors (Lipinski definition) is 2. The second-order valence-corrected chi connectivity index (χ2v) is 8.84. The summed E-state index contributed by atoms with van der Waals surface area (Å²) in [5, 5.41) is 7.48. The average Bonchev–Trinajstić information content (AvgIpc) is 3.42. The Morgan fingerprint density at radius 3 is 2.56 bits per heavy atom. The molecule has 1 aliphatic carbocycles. The van der Waals surface area contributed by atoms with E-state index in [-0.39, 0.29) is 23.7 Å². The third-order valence-corrected chi connectivity index (χ3v) is 6.73. The monoisotopic (exact) mass is 430 g/mol. The molecule has 2 aromatic heterocycles. The van der Waals surface area contributed by atoms with Crippen LogP contribution in [0.5, 0.6) is 0 Å². The van der Waals surface area contributed by atoms with Gasteiger partial charge in [0.2, 0.25) is 5.91 Å². The number of nitrogens with one attached hydrogen (secondary N) is 1. The van der Waals surface area contributed by atoms with Crippen LogP contribution in [0.1, 0.15) is 48.2 Å². The van der Waals surface area contributed by atoms with Crippen LogP contribution in [-0.2, 0) is 23.7 Å². The van der Waals surface area contributed by atoms with Crippen molar-refractivity contribution >= 4 is 22.8 Å². The summed E-state index contributed by atoms with van der Waals surface area (Å²) in [6.45, 7) is 1.70. The molecule has 1 aromatic carbocycles. The van der Waals surface area contributed by atoms with Crippen LogP contribution < -0.4 is 11.3 Å². The first-order chi connectivity index (χ1) is 15.4. The smallest absolute Gasteiger partial charge is 0.272 e. The van der Waals surface area contributed by atoms with Crippen molar-refractivity contribution in [2.45, 2.75) is 37.5 Å². The Morgan fingerprint density at radius 1 is 1.19 bits per heavy atom. The first-order valence-corrected chi connectivity index (χ1v) is 11.0. The molecule has 3 heterocycles. The van der Waals surface area contributed by atoms with Gasteiger partial charge in [-0.1, -0.05) is 6.07 Å². The maximum atomic E-state index is 13.2. The number of nitrogens with zero attached hydrogens (tertiary/aromatic N) is 4. The number of aryl methyl sites for hydroxylation is 1. The Labute approximate surface area is 185 Å². The average molecular weight is 431 g/mol. The molecule has 8 nitrogen and oxygen atoms in total. The van der Waals surface area contributed by atoms with Crippen molar-refractivity contribution in [3.8, 4) is 0 Å². The molecule has 0 spiro atoms. The van der Waals surface area contributed by atoms with Crippen molar-refractivity contribution in [1.29, 1.82) is 5.41 Å². The number of rotatable bonds is 5. The summed E-state index contributed by atoms with van der Waals surface area (Å²) in [7, 11) is 1.74. The quantitative estimate of drug-likeness (QED) is 0.473. The molecule has 3 aromatic rings. The Morgan fingerprint density at radius 2 is 1.94 bits per heavy atom. The number of carbonyl (C=O) groups excluding carboxylic acids is 1. The van der Waals surface area contributed by atoms with Crippen LogP contribution in [0.25, 0.3) is 11.0 Å². The molecule has 0 bridgehead atoms. The van der Waals surface area contributed by atoms with Gasteiger partial charge < -0.3 is 15.2 Å². The fourth-order valence-corrected chi connectivity index (χ4v) is 4.64. The molecule has 1 aliphatic heterocycles. The summed E-state index contributed by atoms with van der Waals surface area (Å²) in [6, 6.07) is 9.33. The molecule has 8 heteroatoms. The van der Waals surface area contributed by atoms with Gasteiger partial charge in [0.15, 0.2) is 0 Å². The zero-order valence-electron chi connectivity index (χ0n) is 18.1. The van der Waals surface area contributed by atoms with Crippen LogP contribution in [0.15, 0.2) is 41.3 Å². The van der Waals surface area contributed by atoms with Gasteiger partial charge in [0.25, 0.3) is 5.56 Å². The second-order valence-electron chi connectivity index (χ2n) is 8.84. The van der Waals surface area contributed by atoms with Crippen molar-refractivity contribution in [1.82, 2.24) is 19.4 Å². The topological polar surface area (TPSA) is 118 Å². The minimum Gasteiger partial charge on any atom is -0.384 e. The minimum absolute atomic E-state index is 0.0474. The van der Waals surface area contributed by atoms with E-state index in [1.807, 2.05) is 23.1 Å². The second kappa shape index (κ2) is 7.55. The number of likely N-dealkylation sites (tertiary alicyclic amines) is 1. The van der Waals surface area contributed by atoms with Crippen molar-refractivity contribution in [2.24, 2.45) is 12.8 Å². The Bertz CT molecular complexity index is 1280. The highest BCUT2D eigenvalue weighted by atomic mass is 16.2. The maximum absolute atomic E-state index is 13.2. The summed E-state index contributed by atoms with van der Waals surface area (Å²) in [4.78, 5) is 37.1. The summed E-state index contributed by atoms with van der Waals surface area (Å²) >= 11 is 0. The van der Waals surface area contributed by atoms with E-state index in [0.717, 1.165) is 49.9 Å². The standard InChI is InChI=1S/C24H26N6O2/c1-29-20-7-5-16(24(8-9-24)23(32)30-10-2-3-11-30)12-18(20)28-19(22(29)31)13-17-6-4-15(14-27-17)21(25)26/h4-7,12,14H,2-3,8-11,13H2,1H3,(H3,25,26). The van der Waals surface area contributed by atoms with Crippen LogP contribution in [-0.4, -0.2) is 44.3 Å². The Hall–Kier alpha value is -3.55. The first-order valence-electron chi connectivity index (χ1n) is 11.0. The van der Waals surface area contributed by atoms with Gasteiger partial charge in [0, 0.05) is 44.0 Å². The number of amides is 1. The van der Waals surface area contributed by atoms with Gasteiger partial charge >= 0.3 is 0 Å². The Balaban J connectivity index is 1.50. The van der Waals surface area contributed by atoms with Gasteiger partial charge in [0.05, 0.1) is 16.4 Å². The zero-order valence-corrected chi connectivity index (χ0v) is 18.1. The molecule has 0 radical (unpaired) electrons. The summed E-state index contributed by atoms with van der Waals surface area (Å²) in [6.07, 6.45) is 5.69. The highest BCUT2D eigenvalue weighted by Gasteiger charge is 2.53. The number of nitrogens with two attached hydrogens (primary N) is 1. The molecular formula is C24H26N6O2. The fourth-order valence-electron chi connectivity index (χ4n) is 4.64. The number of carbonyl (C=O) groups is 1. The summed E-state index contributed by atoms with van der Waals surface area (Å²) in [5.74, 6) is 0.183. The lowest BCUT2D eigenvalue weighted by molar-refractivity contribution is -0.132. The van der Waals surface area contributed by atoms with Crippen LogP contribution in [0.4, 0.5) is 0 Å². The maximum Gasteiger partial charge on any atom is 0.272 e. The number of benzene rings is 1. The van der Waals surface area contributed by atoms with Gasteiger partial charge in [0.1, 0.15) is 11.5 Å². The van der Waals surface area contributed by atoms with E-state index in [0.29, 0.717) is 22.5 Å². The zero-order chi connectivity index (χ0) is 22.5. The normalized spacial score (nSPS) is 17.0. The van der Waals surface area contributed by atoms with E-state index in [2.05, 4.69) is 9.97 Å². The summed E-state index contributed by atoms with van der Waals surface area (Å²) < 4.78 is 1.60. The molecule has 2 fully saturated rings. The van der Waals surface area contributed by atoms with E-state index >= 15 is 0 Å². The predicted octanol–water partition coefficient (Wildman–Crippen LogP) is 1.86. The molecule has 1 amide bonds. The third kappa shape index (κ3) is 3.36. The van der Waals surface area contributed by atoms with E-state index in [4.69, 9.17) is 11.1 Å². The van der Waals surface area contributed by atoms with Crippen molar-refractivity contribution in [3.63, 3.8) is 0 Å². The number of amidine groups is 1. The number of nitrogen functional groups attached to an aromatic ring is 1. The van der Waals surface area contributed by atoms with E-state index in [1.165, 1.54) is 6.20 Å². The molecule has 0 atom stereocenters. The van der Waals surface area contributed by atoms with Gasteiger partial charge in [-0.15, -0.1) is 0 Å². The molecule has 5 rings (SSSR count). The SMILES string of the molecule is Cn1c(=O)c(Cc2ccc(C(=N)N)cn2)nc2cc(C3(C(=O)N4CCCC4)CC3)ccc21. The third-order valence-electron chi connectivity index (χ3n) is 6.73. The van der Waals surface area contributed by atoms with E-state index in [9.17, 15) is 9.59 Å². The molecule has 1 saturated heterocycles. The van der Waals surface area contributed by atoms with Crippen molar-refractivity contribution < 1.29 is 4.79 Å². The lowest BCUT2D eigenvalue weighted by Crippen LogP contribution is -2.37. The van der Waals surface area contributed by atoms with E-state index in [1.54, 1.807) is 23.7 Å². The Kier molecular flexibility index (Phi) is 4.80. The largest absolute Gasteiger partial charge is 0.384 e. The number of hydrogen-bond acceptors (Lipinski definition) is 5. The van der Waals surface area contributed by atoms with Crippen LogP contribution in [0.3, 0.4) is 0 Å². The number of pyridine rings is 1. The van der Waals surface area contributed by atoms with Gasteiger partial charge in [-0.25, -0.2) is 4.98 Å². The van der Waals surface area contributed by atoms with Crippen LogP contribution in [0.2, 0.25) is 0 Å². The molecule has 0 unspecified atom stereocenters. The highest BCUT2D eigenvalue weighted by Crippen LogP contribution is 2.50. The number of fused-ring (bicyclic) bond motifs is 1. The summed E-state index contributed by atoms with van der Waals surface area (Å²) in [5.41, 5.74) is 8.94. The molecular weight excluding hydrogens is 404 g/mol. The fraction of sp³-hybridized carbons (Fsp3) is 0.375. The predicted molar refractivity (Wildman–Crippen MR) is 122 cm³/mol. The molecule has 164 valence electrons. The lowest BCUT2D eigenvalue weighted by Gasteiger charge is -2.23. The van der Waals surface area contributed by atoms with Crippen molar-refractivity contribution in [2.75, 3.05) is 13.1 Å².